The predicted molar refractivity (Wildman–Crippen MR) is 17.8 cm³/mol. The first-order chi connectivity index (χ1) is 3.43. The molecular formula is C3N3O. The molecule has 0 aliphatic heterocycles. The Hall–Kier alpha value is -1.37. The highest BCUT2D eigenvalue weighted by Gasteiger charge is 1.90. The second-order valence-electron chi connectivity index (χ2n) is 0.835. The third-order valence-electron chi connectivity index (χ3n) is 0.430. The van der Waals surface area contributed by atoms with Crippen LogP contribution in [-0.2, 0) is 0 Å². The van der Waals surface area contributed by atoms with Crippen LogP contribution in [0.5, 0.6) is 0 Å². The summed E-state index contributed by atoms with van der Waals surface area (Å²) < 4.78 is 4.10. The number of hydrogen-bond acceptors (Lipinski definition) is 4. The minimum atomic E-state index is 0.0833. The van der Waals surface area contributed by atoms with E-state index in [0.29, 0.717) is 0 Å². The van der Waals surface area contributed by atoms with Crippen LogP contribution in [0.25, 0.3) is 0 Å². The average Bonchev–Trinajstić information content (AvgIpc) is 2.14. The molecule has 1 aromatic heterocycles. The standard InChI is InChI=1S/C3N3O/c4-1-3-2-7-6-5-3. The highest BCUT2D eigenvalue weighted by atomic mass is 16.5. The van der Waals surface area contributed by atoms with Gasteiger partial charge in [-0.25, -0.2) is 0 Å². The Balaban J connectivity index is 3.04. The molecule has 1 heterocycles. The van der Waals surface area contributed by atoms with E-state index in [4.69, 9.17) is 5.26 Å². The lowest BCUT2D eigenvalue weighted by atomic mass is 10.6. The summed E-state index contributed by atoms with van der Waals surface area (Å²) >= 11 is 0. The molecule has 0 saturated heterocycles. The Morgan fingerprint density at radius 2 is 2.71 bits per heavy atom. The lowest BCUT2D eigenvalue weighted by Gasteiger charge is -1.53. The van der Waals surface area contributed by atoms with Gasteiger partial charge in [-0.05, 0) is 0 Å². The summed E-state index contributed by atoms with van der Waals surface area (Å²) in [6.07, 6.45) is 2.13. The van der Waals surface area contributed by atoms with E-state index in [-0.39, 0.29) is 5.69 Å². The molecule has 1 radical (unpaired) electrons. The molecule has 4 heteroatoms. The Kier molecular flexibility index (Phi) is 0.755. The van der Waals surface area contributed by atoms with Crippen molar-refractivity contribution in [3.63, 3.8) is 0 Å². The zero-order chi connectivity index (χ0) is 5.11. The summed E-state index contributed by atoms with van der Waals surface area (Å²) in [5.41, 5.74) is 0.0833. The summed E-state index contributed by atoms with van der Waals surface area (Å²) in [4.78, 5) is 0. The average molecular weight is 94.1 g/mol. The lowest BCUT2D eigenvalue weighted by molar-refractivity contribution is 0.387. The first-order valence-corrected chi connectivity index (χ1v) is 1.53. The van der Waals surface area contributed by atoms with Crippen LogP contribution in [0.15, 0.2) is 4.52 Å². The van der Waals surface area contributed by atoms with Crippen molar-refractivity contribution < 1.29 is 4.52 Å². The molecule has 0 atom stereocenters. The van der Waals surface area contributed by atoms with E-state index in [2.05, 4.69) is 21.2 Å². The van der Waals surface area contributed by atoms with Gasteiger partial charge < -0.3 is 4.52 Å². The van der Waals surface area contributed by atoms with Gasteiger partial charge in [-0.2, -0.15) is 5.26 Å². The van der Waals surface area contributed by atoms with Crippen molar-refractivity contribution in [3.05, 3.63) is 12.0 Å². The molecule has 0 spiro atoms. The maximum absolute atomic E-state index is 7.98. The maximum atomic E-state index is 7.98. The molecule has 0 fully saturated rings. The molecule has 0 N–H and O–H groups in total. The second-order valence-corrected chi connectivity index (χ2v) is 0.835. The fourth-order valence-corrected chi connectivity index (χ4v) is 0.190. The normalized spacial score (nSPS) is 7.86. The van der Waals surface area contributed by atoms with Crippen molar-refractivity contribution in [2.75, 3.05) is 0 Å². The van der Waals surface area contributed by atoms with Crippen molar-refractivity contribution >= 4 is 0 Å². The van der Waals surface area contributed by atoms with Crippen LogP contribution >= 0.6 is 0 Å². The van der Waals surface area contributed by atoms with E-state index in [1.807, 2.05) is 0 Å². The van der Waals surface area contributed by atoms with Gasteiger partial charge in [0.05, 0.1) is 0 Å². The Bertz CT molecular complexity index is 173. The summed E-state index contributed by atoms with van der Waals surface area (Å²) in [7, 11) is 0. The van der Waals surface area contributed by atoms with E-state index in [1.165, 1.54) is 0 Å². The van der Waals surface area contributed by atoms with Crippen LogP contribution in [0.1, 0.15) is 5.69 Å². The quantitative estimate of drug-likeness (QED) is 0.444. The van der Waals surface area contributed by atoms with Crippen molar-refractivity contribution in [2.24, 2.45) is 0 Å². The number of nitriles is 1. The Morgan fingerprint density at radius 3 is 3.00 bits per heavy atom. The molecule has 7 heavy (non-hydrogen) atoms. The van der Waals surface area contributed by atoms with Gasteiger partial charge in [-0.3, -0.25) is 0 Å². The van der Waals surface area contributed by atoms with E-state index in [1.54, 1.807) is 6.07 Å². The van der Waals surface area contributed by atoms with Crippen LogP contribution in [-0.4, -0.2) is 10.4 Å². The minimum Gasteiger partial charge on any atom is -0.332 e. The first kappa shape index (κ1) is 3.81. The second kappa shape index (κ2) is 1.39. The van der Waals surface area contributed by atoms with Gasteiger partial charge in [-0.15, -0.1) is 0 Å². The smallest absolute Gasteiger partial charge is 0.246 e. The molecule has 0 aliphatic carbocycles. The monoisotopic (exact) mass is 94.0 g/mol. The fraction of sp³-hybridized carbons (Fsp3) is 0. The Labute approximate surface area is 39.3 Å². The molecule has 0 saturated carbocycles. The summed E-state index contributed by atoms with van der Waals surface area (Å²) in [5.74, 6) is 0. The van der Waals surface area contributed by atoms with Gasteiger partial charge in [-0.1, -0.05) is 5.10 Å². The first-order valence-electron chi connectivity index (χ1n) is 1.53. The third kappa shape index (κ3) is 0.550. The number of nitrogens with zero attached hydrogens (tertiary/aromatic N) is 3. The molecule has 1 rings (SSSR count). The van der Waals surface area contributed by atoms with Gasteiger partial charge in [0.25, 0.3) is 0 Å². The van der Waals surface area contributed by atoms with E-state index >= 15 is 0 Å². The highest BCUT2D eigenvalue weighted by Crippen LogP contribution is 1.81. The lowest BCUT2D eigenvalue weighted by Crippen LogP contribution is -1.68. The van der Waals surface area contributed by atoms with Gasteiger partial charge in [0, 0.05) is 5.27 Å². The SMILES string of the molecule is N#Cc1[c]onn1. The molecule has 0 aliphatic rings. The van der Waals surface area contributed by atoms with Crippen LogP contribution in [0.3, 0.4) is 0 Å². The van der Waals surface area contributed by atoms with Gasteiger partial charge in [0.15, 0.2) is 0 Å². The molecule has 0 aromatic carbocycles. The van der Waals surface area contributed by atoms with E-state index < -0.39 is 0 Å². The molecule has 0 unspecified atom stereocenters. The molecule has 1 aromatic rings. The largest absolute Gasteiger partial charge is 0.332 e. The van der Waals surface area contributed by atoms with Gasteiger partial charge in [0.2, 0.25) is 12.0 Å². The number of aromatic nitrogens is 2. The maximum Gasteiger partial charge on any atom is 0.246 e. The minimum absolute atomic E-state index is 0.0833. The zero-order valence-corrected chi connectivity index (χ0v) is 3.25. The number of rotatable bonds is 0. The van der Waals surface area contributed by atoms with E-state index in [0.717, 1.165) is 0 Å². The molecule has 0 bridgehead atoms. The molecular weight excluding hydrogens is 94.1 g/mol. The van der Waals surface area contributed by atoms with Crippen molar-refractivity contribution in [1.29, 1.82) is 5.26 Å². The van der Waals surface area contributed by atoms with Crippen LogP contribution in [0.2, 0.25) is 0 Å². The zero-order valence-electron chi connectivity index (χ0n) is 3.25. The number of hydrogen-bond donors (Lipinski definition) is 0. The summed E-state index contributed by atoms with van der Waals surface area (Å²) in [6, 6.07) is 1.68. The van der Waals surface area contributed by atoms with Crippen molar-refractivity contribution in [2.45, 2.75) is 0 Å². The topological polar surface area (TPSA) is 62.7 Å². The molecule has 4 nitrogen and oxygen atoms in total. The Morgan fingerprint density at radius 1 is 1.86 bits per heavy atom. The predicted octanol–water partition coefficient (Wildman–Crippen LogP) is -0.259. The van der Waals surface area contributed by atoms with Crippen LogP contribution < -0.4 is 0 Å². The summed E-state index contributed by atoms with van der Waals surface area (Å²) in [6.45, 7) is 0. The fourth-order valence-electron chi connectivity index (χ4n) is 0.190. The van der Waals surface area contributed by atoms with Gasteiger partial charge >= 0.3 is 0 Å². The van der Waals surface area contributed by atoms with Crippen molar-refractivity contribution in [1.82, 2.24) is 10.4 Å². The molecule has 0 amide bonds. The third-order valence-corrected chi connectivity index (χ3v) is 0.430. The van der Waals surface area contributed by atoms with Crippen LogP contribution in [0.4, 0.5) is 0 Å². The summed E-state index contributed by atoms with van der Waals surface area (Å²) in [5, 5.41) is 14.2. The van der Waals surface area contributed by atoms with E-state index in [9.17, 15) is 0 Å². The van der Waals surface area contributed by atoms with Crippen molar-refractivity contribution in [3.8, 4) is 6.07 Å². The highest BCUT2D eigenvalue weighted by molar-refractivity contribution is 5.09. The molecule has 33 valence electrons. The van der Waals surface area contributed by atoms with Gasteiger partial charge in [0.1, 0.15) is 6.07 Å². The van der Waals surface area contributed by atoms with Crippen LogP contribution in [0, 0.1) is 17.6 Å².